The van der Waals surface area contributed by atoms with E-state index in [1.165, 1.54) is 4.88 Å². The Morgan fingerprint density at radius 2 is 2.40 bits per heavy atom. The minimum Gasteiger partial charge on any atom is -0.329 e. The summed E-state index contributed by atoms with van der Waals surface area (Å²) in [5.41, 5.74) is 7.49. The molecule has 2 heterocycles. The Balaban J connectivity index is 2.11. The van der Waals surface area contributed by atoms with Crippen molar-refractivity contribution in [1.29, 1.82) is 0 Å². The van der Waals surface area contributed by atoms with E-state index in [0.717, 1.165) is 8.81 Å². The lowest BCUT2D eigenvalue weighted by Gasteiger charge is -2.09. The van der Waals surface area contributed by atoms with Crippen LogP contribution in [0.4, 0.5) is 0 Å². The zero-order valence-electron chi connectivity index (χ0n) is 7.59. The largest absolute Gasteiger partial charge is 0.329 e. The molecular weight excluding hydrogens is 314 g/mol. The van der Waals surface area contributed by atoms with Gasteiger partial charge in [0.05, 0.1) is 5.25 Å². The number of thiophene rings is 1. The highest BCUT2D eigenvalue weighted by Crippen LogP contribution is 2.38. The zero-order valence-corrected chi connectivity index (χ0v) is 11.6. The third-order valence-corrected chi connectivity index (χ3v) is 5.73. The fraction of sp³-hybridized carbons (Fsp3) is 0.250. The van der Waals surface area contributed by atoms with Gasteiger partial charge in [0.1, 0.15) is 5.51 Å². The van der Waals surface area contributed by atoms with E-state index in [-0.39, 0.29) is 5.25 Å². The van der Waals surface area contributed by atoms with Gasteiger partial charge in [0.15, 0.2) is 4.34 Å². The Hall–Kier alpha value is 0.0500. The molecule has 0 bridgehead atoms. The maximum Gasteiger partial charge on any atom is 0.174 e. The zero-order chi connectivity index (χ0) is 10.7. The van der Waals surface area contributed by atoms with Crippen molar-refractivity contribution in [1.82, 2.24) is 10.2 Å². The van der Waals surface area contributed by atoms with Crippen molar-refractivity contribution >= 4 is 50.4 Å². The molecule has 2 N–H and O–H groups in total. The molecule has 3 nitrogen and oxygen atoms in total. The van der Waals surface area contributed by atoms with Crippen molar-refractivity contribution in [2.75, 3.05) is 6.54 Å². The van der Waals surface area contributed by atoms with E-state index < -0.39 is 0 Å². The Morgan fingerprint density at radius 3 is 2.93 bits per heavy atom. The SMILES string of the molecule is NCC(Sc1nncs1)c1cc(Br)cs1. The smallest absolute Gasteiger partial charge is 0.174 e. The summed E-state index contributed by atoms with van der Waals surface area (Å²) >= 11 is 8.37. The summed E-state index contributed by atoms with van der Waals surface area (Å²) in [5.74, 6) is 0. The van der Waals surface area contributed by atoms with Crippen molar-refractivity contribution < 1.29 is 0 Å². The van der Waals surface area contributed by atoms with Gasteiger partial charge in [-0.2, -0.15) is 0 Å². The van der Waals surface area contributed by atoms with Crippen LogP contribution in [0, 0.1) is 0 Å². The van der Waals surface area contributed by atoms with Gasteiger partial charge in [-0.25, -0.2) is 0 Å². The summed E-state index contributed by atoms with van der Waals surface area (Å²) in [6.45, 7) is 0.608. The maximum absolute atomic E-state index is 5.76. The molecule has 2 aromatic rings. The van der Waals surface area contributed by atoms with Gasteiger partial charge in [0.2, 0.25) is 0 Å². The van der Waals surface area contributed by atoms with E-state index in [1.807, 2.05) is 0 Å². The molecule has 0 aliphatic heterocycles. The van der Waals surface area contributed by atoms with Gasteiger partial charge in [0, 0.05) is 21.3 Å². The van der Waals surface area contributed by atoms with Crippen LogP contribution in [0.2, 0.25) is 0 Å². The van der Waals surface area contributed by atoms with Gasteiger partial charge in [-0.3, -0.25) is 0 Å². The third kappa shape index (κ3) is 3.01. The van der Waals surface area contributed by atoms with E-state index >= 15 is 0 Å². The van der Waals surface area contributed by atoms with Gasteiger partial charge in [-0.15, -0.1) is 21.5 Å². The molecule has 0 saturated heterocycles. The average molecular weight is 322 g/mol. The first-order valence-electron chi connectivity index (χ1n) is 4.16. The highest BCUT2D eigenvalue weighted by atomic mass is 79.9. The van der Waals surface area contributed by atoms with Crippen molar-refractivity contribution in [3.63, 3.8) is 0 Å². The van der Waals surface area contributed by atoms with Crippen LogP contribution in [0.25, 0.3) is 0 Å². The Labute approximate surface area is 108 Å². The molecule has 0 aromatic carbocycles. The van der Waals surface area contributed by atoms with Crippen LogP contribution < -0.4 is 5.73 Å². The highest BCUT2D eigenvalue weighted by molar-refractivity contribution is 9.10. The summed E-state index contributed by atoms with van der Waals surface area (Å²) in [4.78, 5) is 1.27. The van der Waals surface area contributed by atoms with Crippen molar-refractivity contribution in [3.8, 4) is 0 Å². The quantitative estimate of drug-likeness (QED) is 0.879. The van der Waals surface area contributed by atoms with E-state index in [4.69, 9.17) is 5.73 Å². The normalized spacial score (nSPS) is 12.9. The van der Waals surface area contributed by atoms with Crippen LogP contribution in [0.15, 0.2) is 25.8 Å². The highest BCUT2D eigenvalue weighted by Gasteiger charge is 2.15. The fourth-order valence-electron chi connectivity index (χ4n) is 1.06. The molecule has 0 amide bonds. The van der Waals surface area contributed by atoms with Crippen LogP contribution in [-0.2, 0) is 0 Å². The number of aromatic nitrogens is 2. The van der Waals surface area contributed by atoms with E-state index in [2.05, 4.69) is 37.6 Å². The number of halogens is 1. The summed E-state index contributed by atoms with van der Waals surface area (Å²) < 4.78 is 2.08. The lowest BCUT2D eigenvalue weighted by Crippen LogP contribution is -2.07. The Kier molecular flexibility index (Phi) is 4.15. The number of hydrogen-bond acceptors (Lipinski definition) is 6. The van der Waals surface area contributed by atoms with Gasteiger partial charge in [-0.1, -0.05) is 23.1 Å². The maximum atomic E-state index is 5.76. The standard InChI is InChI=1S/C8H8BrN3S3/c9-5-1-6(13-3-5)7(2-10)15-8-12-11-4-14-8/h1,3-4,7H,2,10H2. The van der Waals surface area contributed by atoms with Gasteiger partial charge in [0.25, 0.3) is 0 Å². The first-order chi connectivity index (χ1) is 7.29. The molecule has 7 heteroatoms. The Morgan fingerprint density at radius 1 is 1.53 bits per heavy atom. The first kappa shape index (κ1) is 11.5. The van der Waals surface area contributed by atoms with Gasteiger partial charge >= 0.3 is 0 Å². The monoisotopic (exact) mass is 321 g/mol. The molecule has 0 aliphatic carbocycles. The van der Waals surface area contributed by atoms with Crippen molar-refractivity contribution in [3.05, 3.63) is 26.3 Å². The average Bonchev–Trinajstić information content (AvgIpc) is 2.85. The molecule has 80 valence electrons. The molecule has 0 aliphatic rings. The molecule has 0 fully saturated rings. The van der Waals surface area contributed by atoms with Gasteiger partial charge in [-0.05, 0) is 22.0 Å². The number of hydrogen-bond donors (Lipinski definition) is 1. The van der Waals surface area contributed by atoms with E-state index in [1.54, 1.807) is 39.9 Å². The first-order valence-corrected chi connectivity index (χ1v) is 7.59. The van der Waals surface area contributed by atoms with Crippen LogP contribution >= 0.6 is 50.4 Å². The third-order valence-electron chi connectivity index (χ3n) is 1.70. The summed E-state index contributed by atoms with van der Waals surface area (Å²) in [7, 11) is 0. The molecule has 15 heavy (non-hydrogen) atoms. The molecule has 0 spiro atoms. The topological polar surface area (TPSA) is 51.8 Å². The second-order valence-electron chi connectivity index (χ2n) is 2.71. The molecule has 0 radical (unpaired) electrons. The predicted octanol–water partition coefficient (Wildman–Crippen LogP) is 3.15. The Bertz CT molecular complexity index is 414. The summed E-state index contributed by atoms with van der Waals surface area (Å²) in [6, 6.07) is 2.11. The van der Waals surface area contributed by atoms with Crippen molar-refractivity contribution in [2.24, 2.45) is 5.73 Å². The molecule has 1 unspecified atom stereocenters. The number of nitrogens with zero attached hydrogens (tertiary/aromatic N) is 2. The van der Waals surface area contributed by atoms with Crippen LogP contribution in [0.5, 0.6) is 0 Å². The van der Waals surface area contributed by atoms with Crippen LogP contribution in [0.1, 0.15) is 10.1 Å². The second-order valence-corrected chi connectivity index (χ2v) is 6.86. The molecule has 0 saturated carbocycles. The summed E-state index contributed by atoms with van der Waals surface area (Å²) in [5, 5.41) is 10.2. The number of nitrogens with two attached hydrogens (primary N) is 1. The summed E-state index contributed by atoms with van der Waals surface area (Å²) in [6.07, 6.45) is 0. The molecule has 2 rings (SSSR count). The van der Waals surface area contributed by atoms with Gasteiger partial charge < -0.3 is 5.73 Å². The number of rotatable bonds is 4. The molecule has 2 aromatic heterocycles. The lowest BCUT2D eigenvalue weighted by atomic mass is 10.3. The van der Waals surface area contributed by atoms with E-state index in [9.17, 15) is 0 Å². The lowest BCUT2D eigenvalue weighted by molar-refractivity contribution is 0.947. The van der Waals surface area contributed by atoms with Crippen molar-refractivity contribution in [2.45, 2.75) is 9.59 Å². The minimum atomic E-state index is 0.272. The minimum absolute atomic E-state index is 0.272. The second kappa shape index (κ2) is 5.40. The predicted molar refractivity (Wildman–Crippen MR) is 69.6 cm³/mol. The number of thioether (sulfide) groups is 1. The molecular formula is C8H8BrN3S3. The molecule has 1 atom stereocenters. The fourth-order valence-corrected chi connectivity index (χ4v) is 4.40. The van der Waals surface area contributed by atoms with E-state index in [0.29, 0.717) is 6.54 Å². The van der Waals surface area contributed by atoms with Crippen LogP contribution in [0.3, 0.4) is 0 Å². The van der Waals surface area contributed by atoms with Crippen LogP contribution in [-0.4, -0.2) is 16.7 Å².